The molecule has 2 aliphatic heterocycles. The van der Waals surface area contributed by atoms with Crippen molar-refractivity contribution >= 4 is 0 Å². The molecule has 0 aromatic carbocycles. The first-order valence-electron chi connectivity index (χ1n) is 6.97. The summed E-state index contributed by atoms with van der Waals surface area (Å²) in [6.45, 7) is 16.6. The molecule has 2 heterocycles. The van der Waals surface area contributed by atoms with E-state index in [0.29, 0.717) is 0 Å². The largest absolute Gasteiger partial charge is 0.371 e. The van der Waals surface area contributed by atoms with Crippen molar-refractivity contribution in [3.8, 4) is 0 Å². The average Bonchev–Trinajstić information content (AvgIpc) is 2.09. The van der Waals surface area contributed by atoms with Crippen molar-refractivity contribution in [2.75, 3.05) is 39.3 Å². The van der Waals surface area contributed by atoms with E-state index in [0.717, 1.165) is 39.3 Å². The first-order valence-corrected chi connectivity index (χ1v) is 6.97. The van der Waals surface area contributed by atoms with Gasteiger partial charge in [-0.3, -0.25) is 4.90 Å². The van der Waals surface area contributed by atoms with Gasteiger partial charge in [-0.05, 0) is 34.6 Å². The fourth-order valence-corrected chi connectivity index (χ4v) is 3.10. The fraction of sp³-hybridized carbons (Fsp3) is 1.00. The molecule has 0 bridgehead atoms. The molecule has 18 heavy (non-hydrogen) atoms. The third-order valence-corrected chi connectivity index (χ3v) is 3.62. The van der Waals surface area contributed by atoms with Gasteiger partial charge in [0.2, 0.25) is 0 Å². The Balaban J connectivity index is 1.78. The van der Waals surface area contributed by atoms with Gasteiger partial charge in [0, 0.05) is 32.7 Å². The van der Waals surface area contributed by atoms with E-state index in [4.69, 9.17) is 9.47 Å². The van der Waals surface area contributed by atoms with E-state index < -0.39 is 0 Å². The second-order valence-electron chi connectivity index (χ2n) is 7.23. The van der Waals surface area contributed by atoms with Crippen LogP contribution in [0.3, 0.4) is 0 Å². The van der Waals surface area contributed by atoms with Crippen LogP contribution in [0.4, 0.5) is 0 Å². The Kier molecular flexibility index (Phi) is 3.76. The van der Waals surface area contributed by atoms with Crippen LogP contribution in [0, 0.1) is 0 Å². The first kappa shape index (κ1) is 14.3. The summed E-state index contributed by atoms with van der Waals surface area (Å²) in [7, 11) is 0. The lowest BCUT2D eigenvalue weighted by Gasteiger charge is -2.47. The second-order valence-corrected chi connectivity index (χ2v) is 7.23. The molecule has 2 aliphatic rings. The second kappa shape index (κ2) is 4.75. The minimum atomic E-state index is -0.0658. The SMILES string of the molecule is CC1(C)CN(CCOC2(C)CNC2)CC(C)(C)O1. The molecule has 1 N–H and O–H groups in total. The molecule has 2 saturated heterocycles. The molecular weight excluding hydrogens is 228 g/mol. The Morgan fingerprint density at radius 1 is 1.06 bits per heavy atom. The summed E-state index contributed by atoms with van der Waals surface area (Å²) in [4.78, 5) is 2.46. The van der Waals surface area contributed by atoms with Crippen molar-refractivity contribution in [2.24, 2.45) is 0 Å². The number of nitrogens with one attached hydrogen (secondary N) is 1. The Hall–Kier alpha value is -0.160. The molecular formula is C14H28N2O2. The van der Waals surface area contributed by atoms with Crippen molar-refractivity contribution in [3.63, 3.8) is 0 Å². The molecule has 0 atom stereocenters. The number of morpholine rings is 1. The van der Waals surface area contributed by atoms with E-state index in [1.807, 2.05) is 0 Å². The van der Waals surface area contributed by atoms with Gasteiger partial charge in [-0.25, -0.2) is 0 Å². The van der Waals surface area contributed by atoms with Crippen LogP contribution >= 0.6 is 0 Å². The number of nitrogens with zero attached hydrogens (tertiary/aromatic N) is 1. The maximum absolute atomic E-state index is 6.08. The predicted octanol–water partition coefficient (Wildman–Crippen LogP) is 1.25. The van der Waals surface area contributed by atoms with Gasteiger partial charge in [0.05, 0.1) is 23.4 Å². The molecule has 2 rings (SSSR count). The number of hydrogen-bond acceptors (Lipinski definition) is 4. The van der Waals surface area contributed by atoms with Crippen LogP contribution < -0.4 is 5.32 Å². The highest BCUT2D eigenvalue weighted by atomic mass is 16.5. The fourth-order valence-electron chi connectivity index (χ4n) is 3.10. The molecule has 0 saturated carbocycles. The Morgan fingerprint density at radius 3 is 2.06 bits per heavy atom. The summed E-state index contributed by atoms with van der Waals surface area (Å²) in [5.74, 6) is 0. The first-order chi connectivity index (χ1) is 8.20. The van der Waals surface area contributed by atoms with Gasteiger partial charge < -0.3 is 14.8 Å². The topological polar surface area (TPSA) is 33.7 Å². The Morgan fingerprint density at radius 2 is 1.61 bits per heavy atom. The average molecular weight is 256 g/mol. The number of rotatable bonds is 4. The van der Waals surface area contributed by atoms with Crippen LogP contribution in [0.2, 0.25) is 0 Å². The van der Waals surface area contributed by atoms with Crippen molar-refractivity contribution in [2.45, 2.75) is 51.4 Å². The predicted molar refractivity (Wildman–Crippen MR) is 72.9 cm³/mol. The van der Waals surface area contributed by atoms with E-state index >= 15 is 0 Å². The lowest BCUT2D eigenvalue weighted by atomic mass is 9.99. The van der Waals surface area contributed by atoms with E-state index in [1.54, 1.807) is 0 Å². The molecule has 0 spiro atoms. The third-order valence-electron chi connectivity index (χ3n) is 3.62. The van der Waals surface area contributed by atoms with Crippen LogP contribution in [0.5, 0.6) is 0 Å². The summed E-state index contributed by atoms with van der Waals surface area (Å²) in [5.41, 5.74) is -0.0648. The lowest BCUT2D eigenvalue weighted by molar-refractivity contribution is -0.184. The third kappa shape index (κ3) is 3.67. The highest BCUT2D eigenvalue weighted by molar-refractivity contribution is 4.91. The summed E-state index contributed by atoms with van der Waals surface area (Å²) in [6, 6.07) is 0. The van der Waals surface area contributed by atoms with Gasteiger partial charge in [0.1, 0.15) is 0 Å². The molecule has 106 valence electrons. The minimum Gasteiger partial charge on any atom is -0.371 e. The van der Waals surface area contributed by atoms with E-state index in [2.05, 4.69) is 44.8 Å². The van der Waals surface area contributed by atoms with E-state index in [-0.39, 0.29) is 16.8 Å². The quantitative estimate of drug-likeness (QED) is 0.821. The zero-order valence-electron chi connectivity index (χ0n) is 12.5. The molecule has 2 fully saturated rings. The van der Waals surface area contributed by atoms with Crippen LogP contribution in [-0.4, -0.2) is 61.0 Å². The van der Waals surface area contributed by atoms with Crippen molar-refractivity contribution in [3.05, 3.63) is 0 Å². The van der Waals surface area contributed by atoms with Gasteiger partial charge in [-0.2, -0.15) is 0 Å². The van der Waals surface area contributed by atoms with Gasteiger partial charge in [-0.15, -0.1) is 0 Å². The Labute approximate surface area is 111 Å². The number of hydrogen-bond donors (Lipinski definition) is 1. The molecule has 4 nitrogen and oxygen atoms in total. The maximum Gasteiger partial charge on any atom is 0.0902 e. The smallest absolute Gasteiger partial charge is 0.0902 e. The zero-order chi connectivity index (χ0) is 13.4. The van der Waals surface area contributed by atoms with Gasteiger partial charge in [0.25, 0.3) is 0 Å². The molecule has 0 amide bonds. The van der Waals surface area contributed by atoms with Crippen molar-refractivity contribution in [1.29, 1.82) is 0 Å². The maximum atomic E-state index is 6.08. The van der Waals surface area contributed by atoms with Crippen LogP contribution in [0.25, 0.3) is 0 Å². The summed E-state index contributed by atoms with van der Waals surface area (Å²) in [6.07, 6.45) is 0. The van der Waals surface area contributed by atoms with Gasteiger partial charge >= 0.3 is 0 Å². The van der Waals surface area contributed by atoms with Crippen LogP contribution in [0.15, 0.2) is 0 Å². The zero-order valence-corrected chi connectivity index (χ0v) is 12.5. The van der Waals surface area contributed by atoms with Crippen molar-refractivity contribution < 1.29 is 9.47 Å². The standard InChI is InChI=1S/C14H28N2O2/c1-12(2)10-16(11-13(3,4)18-12)6-7-17-14(5)8-15-9-14/h15H,6-11H2,1-5H3. The summed E-state index contributed by atoms with van der Waals surface area (Å²) >= 11 is 0. The lowest BCUT2D eigenvalue weighted by Crippen LogP contribution is -2.60. The molecule has 0 aromatic rings. The molecule has 0 unspecified atom stereocenters. The number of ether oxygens (including phenoxy) is 2. The molecule has 0 aliphatic carbocycles. The molecule has 4 heteroatoms. The van der Waals surface area contributed by atoms with Crippen LogP contribution in [-0.2, 0) is 9.47 Å². The highest BCUT2D eigenvalue weighted by Crippen LogP contribution is 2.27. The van der Waals surface area contributed by atoms with E-state index in [9.17, 15) is 0 Å². The minimum absolute atomic E-state index is 0.0658. The monoisotopic (exact) mass is 256 g/mol. The highest BCUT2D eigenvalue weighted by Gasteiger charge is 2.38. The normalized spacial score (nSPS) is 29.8. The van der Waals surface area contributed by atoms with Gasteiger partial charge in [-0.1, -0.05) is 0 Å². The summed E-state index contributed by atoms with van der Waals surface area (Å²) < 4.78 is 12.0. The molecule has 0 radical (unpaired) electrons. The summed E-state index contributed by atoms with van der Waals surface area (Å²) in [5, 5.41) is 3.26. The Bertz CT molecular complexity index is 282. The van der Waals surface area contributed by atoms with E-state index in [1.165, 1.54) is 0 Å². The van der Waals surface area contributed by atoms with Gasteiger partial charge in [0.15, 0.2) is 0 Å². The van der Waals surface area contributed by atoms with Crippen molar-refractivity contribution in [1.82, 2.24) is 10.2 Å². The molecule has 0 aromatic heterocycles. The van der Waals surface area contributed by atoms with Crippen LogP contribution in [0.1, 0.15) is 34.6 Å².